The average Bonchev–Trinajstić information content (AvgIpc) is 3.28. The Hall–Kier alpha value is -2.74. The Balaban J connectivity index is 1.45. The third-order valence-corrected chi connectivity index (χ3v) is 3.84. The molecule has 3 aromatic rings. The summed E-state index contributed by atoms with van der Waals surface area (Å²) in [6.07, 6.45) is 3.52. The molecule has 3 heterocycles. The smallest absolute Gasteiger partial charge is 0.291 e. The Morgan fingerprint density at radius 1 is 1.25 bits per heavy atom. The minimum Gasteiger partial charge on any atom is -0.454 e. The standard InChI is InChI=1S/C16H12BrN3O4/c17-10-6-18-20(7-10)8-12-2-4-14(24-12)16(21)19-11-1-3-13-15(5-11)23-9-22-13/h1-7H,8-9H2,(H,19,21). The Bertz CT molecular complexity index is 902. The maximum Gasteiger partial charge on any atom is 0.291 e. The molecule has 0 spiro atoms. The van der Waals surface area contributed by atoms with Crippen LogP contribution in [0.15, 0.2) is 51.6 Å². The molecule has 8 heteroatoms. The monoisotopic (exact) mass is 389 g/mol. The van der Waals surface area contributed by atoms with Gasteiger partial charge in [0.25, 0.3) is 5.91 Å². The summed E-state index contributed by atoms with van der Waals surface area (Å²) in [5.41, 5.74) is 0.609. The van der Waals surface area contributed by atoms with E-state index in [9.17, 15) is 4.79 Å². The first-order valence-electron chi connectivity index (χ1n) is 7.15. The highest BCUT2D eigenvalue weighted by Crippen LogP contribution is 2.34. The molecule has 0 fully saturated rings. The summed E-state index contributed by atoms with van der Waals surface area (Å²) in [5.74, 6) is 1.81. The van der Waals surface area contributed by atoms with Crippen LogP contribution in [0.25, 0.3) is 0 Å². The summed E-state index contributed by atoms with van der Waals surface area (Å²) in [6.45, 7) is 0.640. The first-order valence-corrected chi connectivity index (χ1v) is 7.94. The van der Waals surface area contributed by atoms with Gasteiger partial charge in [-0.25, -0.2) is 0 Å². The van der Waals surface area contributed by atoms with E-state index in [1.54, 1.807) is 41.2 Å². The van der Waals surface area contributed by atoms with Gasteiger partial charge in [-0.05, 0) is 40.2 Å². The second-order valence-corrected chi connectivity index (χ2v) is 6.06. The molecule has 0 aliphatic carbocycles. The number of halogens is 1. The minimum absolute atomic E-state index is 0.192. The largest absolute Gasteiger partial charge is 0.454 e. The van der Waals surface area contributed by atoms with Gasteiger partial charge in [0.1, 0.15) is 5.76 Å². The number of hydrogen-bond donors (Lipinski definition) is 1. The summed E-state index contributed by atoms with van der Waals surface area (Å²) >= 11 is 3.34. The van der Waals surface area contributed by atoms with E-state index < -0.39 is 0 Å². The van der Waals surface area contributed by atoms with Crippen molar-refractivity contribution < 1.29 is 18.7 Å². The van der Waals surface area contributed by atoms with E-state index in [2.05, 4.69) is 26.3 Å². The van der Waals surface area contributed by atoms with E-state index in [0.717, 1.165) is 4.47 Å². The van der Waals surface area contributed by atoms with Crippen LogP contribution in [0.1, 0.15) is 16.3 Å². The lowest BCUT2D eigenvalue weighted by Crippen LogP contribution is -2.10. The Kier molecular flexibility index (Phi) is 3.73. The van der Waals surface area contributed by atoms with Crippen LogP contribution in [-0.4, -0.2) is 22.5 Å². The number of amides is 1. The Labute approximate surface area is 145 Å². The molecule has 2 aromatic heterocycles. The number of fused-ring (bicyclic) bond motifs is 1. The molecule has 0 bridgehead atoms. The second-order valence-electron chi connectivity index (χ2n) is 5.14. The van der Waals surface area contributed by atoms with Crippen molar-refractivity contribution in [1.82, 2.24) is 9.78 Å². The fourth-order valence-electron chi connectivity index (χ4n) is 2.34. The van der Waals surface area contributed by atoms with Crippen molar-refractivity contribution in [2.24, 2.45) is 0 Å². The average molecular weight is 390 g/mol. The molecule has 1 aliphatic heterocycles. The van der Waals surface area contributed by atoms with Crippen LogP contribution in [0.5, 0.6) is 11.5 Å². The number of aromatic nitrogens is 2. The maximum absolute atomic E-state index is 12.3. The van der Waals surface area contributed by atoms with E-state index in [-0.39, 0.29) is 18.5 Å². The zero-order chi connectivity index (χ0) is 16.5. The van der Waals surface area contributed by atoms with Crippen LogP contribution in [0.4, 0.5) is 5.69 Å². The molecule has 7 nitrogen and oxygen atoms in total. The highest BCUT2D eigenvalue weighted by Gasteiger charge is 2.16. The van der Waals surface area contributed by atoms with E-state index in [1.165, 1.54) is 0 Å². The van der Waals surface area contributed by atoms with E-state index >= 15 is 0 Å². The minimum atomic E-state index is -0.332. The fourth-order valence-corrected chi connectivity index (χ4v) is 2.66. The fraction of sp³-hybridized carbons (Fsp3) is 0.125. The predicted molar refractivity (Wildman–Crippen MR) is 88.3 cm³/mol. The van der Waals surface area contributed by atoms with Crippen molar-refractivity contribution in [1.29, 1.82) is 0 Å². The lowest BCUT2D eigenvalue weighted by molar-refractivity contribution is 0.0994. The number of rotatable bonds is 4. The predicted octanol–water partition coefficient (Wildman–Crippen LogP) is 3.27. The van der Waals surface area contributed by atoms with E-state index in [4.69, 9.17) is 13.9 Å². The molecule has 24 heavy (non-hydrogen) atoms. The summed E-state index contributed by atoms with van der Waals surface area (Å²) in [6, 6.07) is 8.60. The van der Waals surface area contributed by atoms with Crippen molar-refractivity contribution in [3.05, 3.63) is 58.7 Å². The number of nitrogens with one attached hydrogen (secondary N) is 1. The number of carbonyl (C=O) groups excluding carboxylic acids is 1. The Morgan fingerprint density at radius 3 is 2.96 bits per heavy atom. The Morgan fingerprint density at radius 2 is 2.12 bits per heavy atom. The molecule has 4 rings (SSSR count). The van der Waals surface area contributed by atoms with Crippen molar-refractivity contribution in [2.45, 2.75) is 6.54 Å². The van der Waals surface area contributed by atoms with Gasteiger partial charge in [0, 0.05) is 18.0 Å². The van der Waals surface area contributed by atoms with Gasteiger partial charge in [0.2, 0.25) is 6.79 Å². The number of furan rings is 1. The number of nitrogens with zero attached hydrogens (tertiary/aromatic N) is 2. The van der Waals surface area contributed by atoms with Gasteiger partial charge < -0.3 is 19.2 Å². The van der Waals surface area contributed by atoms with Crippen LogP contribution < -0.4 is 14.8 Å². The van der Waals surface area contributed by atoms with Crippen molar-refractivity contribution in [3.8, 4) is 11.5 Å². The lowest BCUT2D eigenvalue weighted by Gasteiger charge is -2.04. The van der Waals surface area contributed by atoms with Crippen LogP contribution in [0, 0.1) is 0 Å². The van der Waals surface area contributed by atoms with Gasteiger partial charge in [-0.15, -0.1) is 0 Å². The molecule has 0 saturated carbocycles. The highest BCUT2D eigenvalue weighted by atomic mass is 79.9. The number of hydrogen-bond acceptors (Lipinski definition) is 5. The first-order chi connectivity index (χ1) is 11.7. The van der Waals surface area contributed by atoms with Crippen LogP contribution in [0.3, 0.4) is 0 Å². The molecule has 0 atom stereocenters. The molecule has 0 radical (unpaired) electrons. The number of benzene rings is 1. The molecular weight excluding hydrogens is 378 g/mol. The lowest BCUT2D eigenvalue weighted by atomic mass is 10.2. The van der Waals surface area contributed by atoms with Gasteiger partial charge in [-0.1, -0.05) is 0 Å². The van der Waals surface area contributed by atoms with E-state index in [1.807, 2.05) is 6.20 Å². The number of carbonyl (C=O) groups is 1. The van der Waals surface area contributed by atoms with Crippen molar-refractivity contribution in [3.63, 3.8) is 0 Å². The normalized spacial score (nSPS) is 12.4. The molecular formula is C16H12BrN3O4. The van der Waals surface area contributed by atoms with E-state index in [0.29, 0.717) is 29.5 Å². The van der Waals surface area contributed by atoms with Crippen LogP contribution in [-0.2, 0) is 6.54 Å². The third-order valence-electron chi connectivity index (χ3n) is 3.44. The van der Waals surface area contributed by atoms with Crippen LogP contribution in [0.2, 0.25) is 0 Å². The van der Waals surface area contributed by atoms with Gasteiger partial charge in [-0.2, -0.15) is 5.10 Å². The van der Waals surface area contributed by atoms with Gasteiger partial charge in [0.05, 0.1) is 17.2 Å². The molecule has 1 aromatic carbocycles. The molecule has 0 saturated heterocycles. The topological polar surface area (TPSA) is 78.5 Å². The van der Waals surface area contributed by atoms with Gasteiger partial charge in [-0.3, -0.25) is 9.48 Å². The second kappa shape index (κ2) is 6.04. The van der Waals surface area contributed by atoms with Gasteiger partial charge >= 0.3 is 0 Å². The van der Waals surface area contributed by atoms with Crippen molar-refractivity contribution in [2.75, 3.05) is 12.1 Å². The van der Waals surface area contributed by atoms with Crippen LogP contribution >= 0.6 is 15.9 Å². The zero-order valence-corrected chi connectivity index (χ0v) is 13.9. The molecule has 1 N–H and O–H groups in total. The maximum atomic E-state index is 12.3. The quantitative estimate of drug-likeness (QED) is 0.740. The summed E-state index contributed by atoms with van der Waals surface area (Å²) in [7, 11) is 0. The number of ether oxygens (including phenoxy) is 2. The zero-order valence-electron chi connectivity index (χ0n) is 12.4. The van der Waals surface area contributed by atoms with Crippen molar-refractivity contribution >= 4 is 27.5 Å². The molecule has 122 valence electrons. The number of anilines is 1. The SMILES string of the molecule is O=C(Nc1ccc2c(c1)OCO2)c1ccc(Cn2cc(Br)cn2)o1. The summed E-state index contributed by atoms with van der Waals surface area (Å²) in [5, 5.41) is 6.92. The summed E-state index contributed by atoms with van der Waals surface area (Å²) < 4.78 is 18.7. The molecule has 0 unspecified atom stereocenters. The first kappa shape index (κ1) is 14.8. The third kappa shape index (κ3) is 3.00. The summed E-state index contributed by atoms with van der Waals surface area (Å²) in [4.78, 5) is 12.3. The molecule has 1 aliphatic rings. The molecule has 1 amide bonds. The van der Waals surface area contributed by atoms with Gasteiger partial charge in [0.15, 0.2) is 17.3 Å². The highest BCUT2D eigenvalue weighted by molar-refractivity contribution is 9.10.